The average molecular weight is 308 g/mol. The van der Waals surface area contributed by atoms with E-state index in [4.69, 9.17) is 16.3 Å². The van der Waals surface area contributed by atoms with Gasteiger partial charge >= 0.3 is 0 Å². The highest BCUT2D eigenvalue weighted by Crippen LogP contribution is 2.31. The van der Waals surface area contributed by atoms with Gasteiger partial charge in [-0.05, 0) is 43.7 Å². The predicted molar refractivity (Wildman–Crippen MR) is 84.7 cm³/mol. The molecule has 0 heterocycles. The summed E-state index contributed by atoms with van der Waals surface area (Å²) in [4.78, 5) is 0. The molecular formula is C17H19ClFNO. The molecule has 112 valence electrons. The Labute approximate surface area is 129 Å². The lowest BCUT2D eigenvalue weighted by Gasteiger charge is -2.13. The maximum Gasteiger partial charge on any atom is 0.168 e. The summed E-state index contributed by atoms with van der Waals surface area (Å²) in [7, 11) is 0. The molecule has 0 aliphatic carbocycles. The lowest BCUT2D eigenvalue weighted by Crippen LogP contribution is -2.14. The number of nitrogens with one attached hydrogen (secondary N) is 1. The highest BCUT2D eigenvalue weighted by Gasteiger charge is 2.10. The number of hydrogen-bond acceptors (Lipinski definition) is 2. The van der Waals surface area contributed by atoms with Crippen LogP contribution in [0.15, 0.2) is 36.4 Å². The zero-order chi connectivity index (χ0) is 15.2. The van der Waals surface area contributed by atoms with Gasteiger partial charge in [0, 0.05) is 17.1 Å². The van der Waals surface area contributed by atoms with Gasteiger partial charge in [-0.1, -0.05) is 36.7 Å². The normalized spacial score (nSPS) is 10.7. The van der Waals surface area contributed by atoms with Gasteiger partial charge in [0.25, 0.3) is 0 Å². The molecule has 0 atom stereocenters. The highest BCUT2D eigenvalue weighted by molar-refractivity contribution is 6.30. The molecule has 0 radical (unpaired) electrons. The molecule has 21 heavy (non-hydrogen) atoms. The van der Waals surface area contributed by atoms with Crippen molar-refractivity contribution in [3.63, 3.8) is 0 Å². The van der Waals surface area contributed by atoms with E-state index in [1.807, 2.05) is 12.1 Å². The van der Waals surface area contributed by atoms with Crippen molar-refractivity contribution < 1.29 is 9.13 Å². The summed E-state index contributed by atoms with van der Waals surface area (Å²) < 4.78 is 19.8. The lowest BCUT2D eigenvalue weighted by atomic mass is 10.2. The summed E-state index contributed by atoms with van der Waals surface area (Å²) in [6, 6.07) is 10.5. The Hall–Kier alpha value is -1.58. The van der Waals surface area contributed by atoms with Gasteiger partial charge in [0.15, 0.2) is 11.6 Å². The summed E-state index contributed by atoms with van der Waals surface area (Å²) >= 11 is 6.02. The first-order valence-corrected chi connectivity index (χ1v) is 7.41. The van der Waals surface area contributed by atoms with Crippen LogP contribution in [0.25, 0.3) is 0 Å². The Balaban J connectivity index is 2.25. The Morgan fingerprint density at radius 2 is 2.00 bits per heavy atom. The lowest BCUT2D eigenvalue weighted by molar-refractivity contribution is 0.433. The Morgan fingerprint density at radius 3 is 2.76 bits per heavy atom. The minimum Gasteiger partial charge on any atom is -0.454 e. The Kier molecular flexibility index (Phi) is 5.59. The molecule has 0 bridgehead atoms. The van der Waals surface area contributed by atoms with Crippen molar-refractivity contribution in [2.45, 2.75) is 26.8 Å². The smallest absolute Gasteiger partial charge is 0.168 e. The summed E-state index contributed by atoms with van der Waals surface area (Å²) in [5, 5.41) is 3.87. The molecule has 4 heteroatoms. The van der Waals surface area contributed by atoms with Crippen LogP contribution in [0.2, 0.25) is 5.02 Å². The fourth-order valence-corrected chi connectivity index (χ4v) is 2.15. The van der Waals surface area contributed by atoms with Gasteiger partial charge in [-0.2, -0.15) is 0 Å². The van der Waals surface area contributed by atoms with Crippen molar-refractivity contribution >= 4 is 11.6 Å². The summed E-state index contributed by atoms with van der Waals surface area (Å²) in [5.74, 6) is 0.453. The van der Waals surface area contributed by atoms with Crippen LogP contribution >= 0.6 is 11.6 Å². The highest BCUT2D eigenvalue weighted by atomic mass is 35.5. The fourth-order valence-electron chi connectivity index (χ4n) is 1.99. The van der Waals surface area contributed by atoms with E-state index in [1.165, 1.54) is 0 Å². The van der Waals surface area contributed by atoms with Gasteiger partial charge in [0.05, 0.1) is 0 Å². The van der Waals surface area contributed by atoms with Crippen LogP contribution in [-0.4, -0.2) is 6.54 Å². The molecule has 0 aliphatic rings. The fraction of sp³-hybridized carbons (Fsp3) is 0.294. The van der Waals surface area contributed by atoms with Crippen LogP contribution in [-0.2, 0) is 6.54 Å². The number of benzene rings is 2. The quantitative estimate of drug-likeness (QED) is 0.751. The van der Waals surface area contributed by atoms with Crippen LogP contribution in [0.4, 0.5) is 4.39 Å². The van der Waals surface area contributed by atoms with E-state index in [0.717, 1.165) is 18.5 Å². The molecular weight excluding hydrogens is 289 g/mol. The second-order valence-corrected chi connectivity index (χ2v) is 5.35. The van der Waals surface area contributed by atoms with E-state index < -0.39 is 0 Å². The molecule has 0 aliphatic heterocycles. The number of aryl methyl sites for hydroxylation is 1. The maximum absolute atomic E-state index is 14.1. The van der Waals surface area contributed by atoms with Crippen molar-refractivity contribution in [3.05, 3.63) is 58.4 Å². The topological polar surface area (TPSA) is 21.3 Å². The number of rotatable bonds is 6. The minimum atomic E-state index is -0.343. The second kappa shape index (κ2) is 7.43. The Bertz CT molecular complexity index is 616. The molecule has 2 nitrogen and oxygen atoms in total. The monoisotopic (exact) mass is 307 g/mol. The van der Waals surface area contributed by atoms with Crippen LogP contribution in [0.5, 0.6) is 11.5 Å². The molecule has 2 aromatic rings. The van der Waals surface area contributed by atoms with Gasteiger partial charge in [-0.15, -0.1) is 0 Å². The van der Waals surface area contributed by atoms with Gasteiger partial charge in [-0.25, -0.2) is 4.39 Å². The van der Waals surface area contributed by atoms with Gasteiger partial charge in [0.2, 0.25) is 0 Å². The first-order chi connectivity index (χ1) is 10.1. The van der Waals surface area contributed by atoms with Crippen molar-refractivity contribution in [1.82, 2.24) is 5.32 Å². The molecule has 0 fully saturated rings. The molecule has 2 aromatic carbocycles. The first-order valence-electron chi connectivity index (χ1n) is 7.04. The zero-order valence-electron chi connectivity index (χ0n) is 12.2. The van der Waals surface area contributed by atoms with Gasteiger partial charge < -0.3 is 10.1 Å². The second-order valence-electron chi connectivity index (χ2n) is 4.92. The van der Waals surface area contributed by atoms with Gasteiger partial charge in [0.1, 0.15) is 5.75 Å². The first kappa shape index (κ1) is 15.8. The summed E-state index contributed by atoms with van der Waals surface area (Å²) in [6.45, 7) is 5.40. The van der Waals surface area contributed by atoms with E-state index in [1.54, 1.807) is 31.2 Å². The third-order valence-corrected chi connectivity index (χ3v) is 3.38. The van der Waals surface area contributed by atoms with Crippen LogP contribution in [0, 0.1) is 12.7 Å². The molecule has 1 N–H and O–H groups in total. The molecule has 0 amide bonds. The molecule has 2 rings (SSSR count). The van der Waals surface area contributed by atoms with Gasteiger partial charge in [-0.3, -0.25) is 0 Å². The molecule has 0 unspecified atom stereocenters. The molecule has 0 spiro atoms. The zero-order valence-corrected chi connectivity index (χ0v) is 13.0. The van der Waals surface area contributed by atoms with E-state index >= 15 is 0 Å². The third kappa shape index (κ3) is 4.19. The standard InChI is InChI=1S/C17H19ClFNO/c1-3-9-20-11-13-7-8-14(18)10-16(13)21-15-6-4-5-12(2)17(15)19/h4-8,10,20H,3,9,11H2,1-2H3. The van der Waals surface area contributed by atoms with Crippen LogP contribution < -0.4 is 10.1 Å². The largest absolute Gasteiger partial charge is 0.454 e. The third-order valence-electron chi connectivity index (χ3n) is 3.15. The van der Waals surface area contributed by atoms with E-state index in [0.29, 0.717) is 22.9 Å². The number of hydrogen-bond donors (Lipinski definition) is 1. The SMILES string of the molecule is CCCNCc1ccc(Cl)cc1Oc1cccc(C)c1F. The van der Waals surface area contributed by atoms with Crippen molar-refractivity contribution in [2.75, 3.05) is 6.54 Å². The van der Waals surface area contributed by atoms with E-state index in [2.05, 4.69) is 12.2 Å². The van der Waals surface area contributed by atoms with Crippen molar-refractivity contribution in [1.29, 1.82) is 0 Å². The number of halogens is 2. The molecule has 0 aromatic heterocycles. The van der Waals surface area contributed by atoms with Crippen LogP contribution in [0.3, 0.4) is 0 Å². The Morgan fingerprint density at radius 1 is 1.19 bits per heavy atom. The average Bonchev–Trinajstić information content (AvgIpc) is 2.46. The molecule has 0 saturated heterocycles. The molecule has 0 saturated carbocycles. The summed E-state index contributed by atoms with van der Waals surface area (Å²) in [5.41, 5.74) is 1.51. The van der Waals surface area contributed by atoms with Crippen molar-refractivity contribution in [2.24, 2.45) is 0 Å². The van der Waals surface area contributed by atoms with Crippen LogP contribution in [0.1, 0.15) is 24.5 Å². The predicted octanol–water partition coefficient (Wildman–Crippen LogP) is 5.08. The maximum atomic E-state index is 14.1. The summed E-state index contributed by atoms with van der Waals surface area (Å²) in [6.07, 6.45) is 1.05. The van der Waals surface area contributed by atoms with Crippen molar-refractivity contribution in [3.8, 4) is 11.5 Å². The number of ether oxygens (including phenoxy) is 1. The van der Waals surface area contributed by atoms with E-state index in [9.17, 15) is 4.39 Å². The minimum absolute atomic E-state index is 0.217. The van der Waals surface area contributed by atoms with E-state index in [-0.39, 0.29) is 11.6 Å².